The molecule has 6 nitrogen and oxygen atoms in total. The maximum Gasteiger partial charge on any atom is 0.328 e. The van der Waals surface area contributed by atoms with Crippen molar-refractivity contribution < 1.29 is 9.53 Å². The molecule has 1 aromatic heterocycles. The summed E-state index contributed by atoms with van der Waals surface area (Å²) in [6, 6.07) is -0.463. The number of carbonyl (C=O) groups excluding carboxylic acids is 1. The van der Waals surface area contributed by atoms with E-state index in [0.29, 0.717) is 24.1 Å². The summed E-state index contributed by atoms with van der Waals surface area (Å²) in [6.45, 7) is 5.61. The molecule has 84 valence electrons. The first-order valence-electron chi connectivity index (χ1n) is 4.79. The molecular formula is C9H16N4O2. The van der Waals surface area contributed by atoms with Crippen LogP contribution in [0, 0.1) is 6.92 Å². The van der Waals surface area contributed by atoms with Crippen LogP contribution in [0.15, 0.2) is 0 Å². The van der Waals surface area contributed by atoms with Crippen LogP contribution in [-0.2, 0) is 9.53 Å². The zero-order chi connectivity index (χ0) is 11.4. The lowest BCUT2D eigenvalue weighted by Gasteiger charge is -2.11. The Labute approximate surface area is 88.2 Å². The molecule has 0 aliphatic heterocycles. The number of nitrogens with one attached hydrogen (secondary N) is 2. The number of carbonyl (C=O) groups is 1. The third-order valence-electron chi connectivity index (χ3n) is 1.84. The fraction of sp³-hybridized carbons (Fsp3) is 0.556. The van der Waals surface area contributed by atoms with Gasteiger partial charge in [0.15, 0.2) is 5.82 Å². The Morgan fingerprint density at radius 2 is 2.40 bits per heavy atom. The minimum atomic E-state index is -0.463. The lowest BCUT2D eigenvalue weighted by Crippen LogP contribution is -2.28. The van der Waals surface area contributed by atoms with Gasteiger partial charge in [-0.25, -0.2) is 9.78 Å². The number of anilines is 2. The zero-order valence-electron chi connectivity index (χ0n) is 9.13. The number of nitrogens with two attached hydrogens (primary N) is 1. The molecule has 0 saturated carbocycles. The number of nitrogens with zero attached hydrogens (tertiary/aromatic N) is 1. The average molecular weight is 212 g/mol. The van der Waals surface area contributed by atoms with Crippen molar-refractivity contribution >= 4 is 17.6 Å². The SMILES string of the molecule is CCOC(=O)C(C)Nc1nc(C)[nH]c1N. The van der Waals surface area contributed by atoms with Gasteiger partial charge in [-0.2, -0.15) is 0 Å². The van der Waals surface area contributed by atoms with Crippen molar-refractivity contribution in [2.75, 3.05) is 17.7 Å². The van der Waals surface area contributed by atoms with E-state index in [4.69, 9.17) is 10.5 Å². The van der Waals surface area contributed by atoms with Crippen LogP contribution in [0.4, 0.5) is 11.6 Å². The van der Waals surface area contributed by atoms with Crippen LogP contribution in [0.1, 0.15) is 19.7 Å². The van der Waals surface area contributed by atoms with Crippen molar-refractivity contribution in [3.8, 4) is 0 Å². The van der Waals surface area contributed by atoms with Gasteiger partial charge in [-0.15, -0.1) is 0 Å². The van der Waals surface area contributed by atoms with Crippen LogP contribution in [0.5, 0.6) is 0 Å². The highest BCUT2D eigenvalue weighted by Gasteiger charge is 2.16. The van der Waals surface area contributed by atoms with Crippen LogP contribution in [0.2, 0.25) is 0 Å². The number of H-pyrrole nitrogens is 1. The topological polar surface area (TPSA) is 93.0 Å². The molecule has 0 amide bonds. The standard InChI is InChI=1S/C9H16N4O2/c1-4-15-9(14)5(2)11-8-7(10)12-6(3)13-8/h5,11H,4,10H2,1-3H3,(H,12,13). The average Bonchev–Trinajstić information content (AvgIpc) is 2.45. The molecule has 0 bridgehead atoms. The van der Waals surface area contributed by atoms with Gasteiger partial charge in [0.1, 0.15) is 17.7 Å². The number of aryl methyl sites for hydroxylation is 1. The van der Waals surface area contributed by atoms with Crippen molar-refractivity contribution in [1.29, 1.82) is 0 Å². The summed E-state index contributed by atoms with van der Waals surface area (Å²) < 4.78 is 4.84. The van der Waals surface area contributed by atoms with Gasteiger partial charge in [0.05, 0.1) is 6.61 Å². The molecule has 6 heteroatoms. The van der Waals surface area contributed by atoms with Crippen LogP contribution in [0.3, 0.4) is 0 Å². The molecule has 1 heterocycles. The summed E-state index contributed by atoms with van der Waals surface area (Å²) in [4.78, 5) is 18.2. The molecule has 0 fully saturated rings. The fourth-order valence-corrected chi connectivity index (χ4v) is 1.15. The maximum absolute atomic E-state index is 11.3. The highest BCUT2D eigenvalue weighted by Crippen LogP contribution is 2.14. The molecule has 1 atom stereocenters. The summed E-state index contributed by atoms with van der Waals surface area (Å²) >= 11 is 0. The van der Waals surface area contributed by atoms with Crippen molar-refractivity contribution in [3.63, 3.8) is 0 Å². The molecular weight excluding hydrogens is 196 g/mol. The van der Waals surface area contributed by atoms with Crippen LogP contribution < -0.4 is 11.1 Å². The van der Waals surface area contributed by atoms with E-state index in [1.54, 1.807) is 20.8 Å². The van der Waals surface area contributed by atoms with Crippen LogP contribution in [-0.4, -0.2) is 28.6 Å². The Morgan fingerprint density at radius 1 is 1.73 bits per heavy atom. The van der Waals surface area contributed by atoms with Crippen molar-refractivity contribution in [2.45, 2.75) is 26.8 Å². The van der Waals surface area contributed by atoms with Crippen LogP contribution in [0.25, 0.3) is 0 Å². The van der Waals surface area contributed by atoms with Gasteiger partial charge in [-0.3, -0.25) is 0 Å². The quantitative estimate of drug-likeness (QED) is 0.638. The molecule has 4 N–H and O–H groups in total. The Morgan fingerprint density at radius 3 is 2.87 bits per heavy atom. The van der Waals surface area contributed by atoms with Crippen molar-refractivity contribution in [2.24, 2.45) is 0 Å². The van der Waals surface area contributed by atoms with E-state index in [1.807, 2.05) is 0 Å². The Bertz CT molecular complexity index is 348. The monoisotopic (exact) mass is 212 g/mol. The van der Waals surface area contributed by atoms with E-state index >= 15 is 0 Å². The highest BCUT2D eigenvalue weighted by atomic mass is 16.5. The van der Waals surface area contributed by atoms with Gasteiger partial charge >= 0.3 is 5.97 Å². The highest BCUT2D eigenvalue weighted by molar-refractivity contribution is 5.79. The van der Waals surface area contributed by atoms with E-state index in [2.05, 4.69) is 15.3 Å². The molecule has 15 heavy (non-hydrogen) atoms. The van der Waals surface area contributed by atoms with Crippen molar-refractivity contribution in [1.82, 2.24) is 9.97 Å². The second-order valence-corrected chi connectivity index (χ2v) is 3.20. The van der Waals surface area contributed by atoms with E-state index in [-0.39, 0.29) is 5.97 Å². The Kier molecular flexibility index (Phi) is 3.54. The van der Waals surface area contributed by atoms with Gasteiger partial charge in [0.2, 0.25) is 0 Å². The Balaban J connectivity index is 2.61. The van der Waals surface area contributed by atoms with E-state index in [0.717, 1.165) is 0 Å². The summed E-state index contributed by atoms with van der Waals surface area (Å²) in [5.74, 6) is 1.28. The molecule has 0 aromatic carbocycles. The number of imidazole rings is 1. The fourth-order valence-electron chi connectivity index (χ4n) is 1.15. The number of aromatic nitrogens is 2. The predicted octanol–water partition coefficient (Wildman–Crippen LogP) is 0.664. The first kappa shape index (κ1) is 11.4. The number of rotatable bonds is 4. The summed E-state index contributed by atoms with van der Waals surface area (Å²) in [7, 11) is 0. The normalized spacial score (nSPS) is 12.2. The number of ether oxygens (including phenoxy) is 1. The van der Waals surface area contributed by atoms with Gasteiger partial charge in [0, 0.05) is 0 Å². The molecule has 0 aliphatic rings. The largest absolute Gasteiger partial charge is 0.464 e. The molecule has 1 rings (SSSR count). The molecule has 1 unspecified atom stereocenters. The summed E-state index contributed by atoms with van der Waals surface area (Å²) in [6.07, 6.45) is 0. The van der Waals surface area contributed by atoms with Crippen LogP contribution >= 0.6 is 0 Å². The number of aromatic amines is 1. The molecule has 1 aromatic rings. The third-order valence-corrected chi connectivity index (χ3v) is 1.84. The smallest absolute Gasteiger partial charge is 0.328 e. The molecule has 0 aliphatic carbocycles. The Hall–Kier alpha value is -1.72. The number of hydrogen-bond donors (Lipinski definition) is 3. The van der Waals surface area contributed by atoms with E-state index in [9.17, 15) is 4.79 Å². The zero-order valence-corrected chi connectivity index (χ0v) is 9.13. The lowest BCUT2D eigenvalue weighted by molar-refractivity contribution is -0.143. The molecule has 0 spiro atoms. The number of nitrogen functional groups attached to an aromatic ring is 1. The molecule has 0 radical (unpaired) electrons. The second-order valence-electron chi connectivity index (χ2n) is 3.20. The van der Waals surface area contributed by atoms with E-state index < -0.39 is 6.04 Å². The van der Waals surface area contributed by atoms with Gasteiger partial charge in [-0.05, 0) is 20.8 Å². The van der Waals surface area contributed by atoms with Gasteiger partial charge in [-0.1, -0.05) is 0 Å². The van der Waals surface area contributed by atoms with Gasteiger partial charge in [0.25, 0.3) is 0 Å². The maximum atomic E-state index is 11.3. The van der Waals surface area contributed by atoms with Crippen molar-refractivity contribution in [3.05, 3.63) is 5.82 Å². The third kappa shape index (κ3) is 2.87. The predicted molar refractivity (Wildman–Crippen MR) is 57.5 cm³/mol. The summed E-state index contributed by atoms with van der Waals surface area (Å²) in [5, 5.41) is 2.87. The van der Waals surface area contributed by atoms with E-state index in [1.165, 1.54) is 0 Å². The second kappa shape index (κ2) is 4.68. The minimum Gasteiger partial charge on any atom is -0.464 e. The van der Waals surface area contributed by atoms with Gasteiger partial charge < -0.3 is 20.8 Å². The first-order chi connectivity index (χ1) is 7.04. The number of esters is 1. The number of hydrogen-bond acceptors (Lipinski definition) is 5. The molecule has 0 saturated heterocycles. The lowest BCUT2D eigenvalue weighted by atomic mass is 10.3. The summed E-state index contributed by atoms with van der Waals surface area (Å²) in [5.41, 5.74) is 5.63. The minimum absolute atomic E-state index is 0.322. The first-order valence-corrected chi connectivity index (χ1v) is 4.79.